The number of aliphatic imine (C=N–C) groups is 1. The standard InChI is InChI=1S/C26H24BrClN8O4/c1-36(2,13-15-8-22(24(29)38)34-26(15)35(39)40)7-3-4-18(37)9-17-10-19-23(12-30-17)31-14-32-25(19)33-16-5-6-20(27)21(28)11-16/h3-6,10-12,14H,7-9,13H2,1-2H3,(H2-,29,31,32,33,38)/p+1/b4-3+. The third kappa shape index (κ3) is 7.11. The van der Waals surface area contributed by atoms with Crippen LogP contribution in [0.2, 0.25) is 5.02 Å². The average molecular weight is 629 g/mol. The molecule has 0 bridgehead atoms. The Balaban J connectivity index is 1.41. The predicted molar refractivity (Wildman–Crippen MR) is 155 cm³/mol. The number of fused-ring (bicyclic) bond motifs is 1. The SMILES string of the molecule is C[N+](C)(C/C=C/C(=O)Cc1cc2c(Nc3ccc(Br)c(Cl)c3)ncnc2cn1)CC1=C([N+](=O)[O-])N=C(C(N)=O)C1. The number of ketones is 1. The van der Waals surface area contributed by atoms with Crippen molar-refractivity contribution in [3.8, 4) is 0 Å². The van der Waals surface area contributed by atoms with Crippen LogP contribution in [0.25, 0.3) is 10.9 Å². The van der Waals surface area contributed by atoms with Crippen LogP contribution in [0.15, 0.2) is 69.8 Å². The van der Waals surface area contributed by atoms with E-state index in [0.717, 1.165) is 10.2 Å². The van der Waals surface area contributed by atoms with Gasteiger partial charge in [-0.15, -0.1) is 0 Å². The first-order chi connectivity index (χ1) is 18.9. The van der Waals surface area contributed by atoms with Crippen molar-refractivity contribution < 1.29 is 19.0 Å². The minimum atomic E-state index is -0.778. The summed E-state index contributed by atoms with van der Waals surface area (Å²) >= 11 is 9.57. The maximum Gasteiger partial charge on any atom is 0.369 e. The predicted octanol–water partition coefficient (Wildman–Crippen LogP) is 3.75. The number of rotatable bonds is 11. The highest BCUT2D eigenvalue weighted by Crippen LogP contribution is 2.29. The number of pyridine rings is 1. The smallest absolute Gasteiger partial charge is 0.363 e. The monoisotopic (exact) mass is 627 g/mol. The Morgan fingerprint density at radius 1 is 1.25 bits per heavy atom. The van der Waals surface area contributed by atoms with E-state index in [1.807, 2.05) is 26.2 Å². The number of nitrogens with one attached hydrogen (secondary N) is 1. The normalized spacial score (nSPS) is 13.7. The maximum atomic E-state index is 12.7. The van der Waals surface area contributed by atoms with E-state index in [1.54, 1.807) is 24.4 Å². The van der Waals surface area contributed by atoms with Crippen molar-refractivity contribution in [2.75, 3.05) is 32.5 Å². The number of aromatic nitrogens is 3. The summed E-state index contributed by atoms with van der Waals surface area (Å²) in [5.41, 5.74) is 7.54. The van der Waals surface area contributed by atoms with E-state index in [-0.39, 0.29) is 36.7 Å². The van der Waals surface area contributed by atoms with E-state index < -0.39 is 10.8 Å². The second kappa shape index (κ2) is 12.0. The van der Waals surface area contributed by atoms with Crippen molar-refractivity contribution in [1.29, 1.82) is 0 Å². The molecule has 14 heteroatoms. The van der Waals surface area contributed by atoms with Gasteiger partial charge in [0, 0.05) is 21.2 Å². The van der Waals surface area contributed by atoms with Gasteiger partial charge >= 0.3 is 5.82 Å². The molecule has 1 amide bonds. The van der Waals surface area contributed by atoms with Gasteiger partial charge in [-0.2, -0.15) is 0 Å². The van der Waals surface area contributed by atoms with Crippen molar-refractivity contribution in [2.45, 2.75) is 12.8 Å². The lowest BCUT2D eigenvalue weighted by atomic mass is 10.1. The Bertz CT molecular complexity index is 1620. The van der Waals surface area contributed by atoms with Crippen LogP contribution in [-0.4, -0.2) is 68.9 Å². The zero-order valence-electron chi connectivity index (χ0n) is 21.6. The third-order valence-electron chi connectivity index (χ3n) is 6.03. The van der Waals surface area contributed by atoms with Crippen LogP contribution in [0, 0.1) is 10.1 Å². The van der Waals surface area contributed by atoms with Gasteiger partial charge in [-0.05, 0) is 62.3 Å². The first-order valence-electron chi connectivity index (χ1n) is 12.0. The molecule has 206 valence electrons. The van der Waals surface area contributed by atoms with Gasteiger partial charge < -0.3 is 25.6 Å². The number of allylic oxidation sites excluding steroid dienone is 1. The van der Waals surface area contributed by atoms with Crippen molar-refractivity contribution >= 4 is 67.3 Å². The molecule has 1 aliphatic rings. The van der Waals surface area contributed by atoms with E-state index in [0.29, 0.717) is 44.0 Å². The molecular formula is C26H25BrClN8O4+. The fraction of sp³-hybridized carbons (Fsp3) is 0.231. The number of nitro groups is 1. The Kier molecular flexibility index (Phi) is 8.67. The molecular weight excluding hydrogens is 604 g/mol. The van der Waals surface area contributed by atoms with E-state index in [9.17, 15) is 19.7 Å². The molecule has 3 N–H and O–H groups in total. The van der Waals surface area contributed by atoms with Gasteiger partial charge in [0.2, 0.25) is 5.71 Å². The molecule has 0 spiro atoms. The molecule has 0 saturated carbocycles. The number of benzene rings is 1. The number of carbonyl (C=O) groups excluding carboxylic acids is 2. The molecule has 12 nitrogen and oxygen atoms in total. The molecule has 1 aromatic carbocycles. The number of nitrogens with zero attached hydrogens (tertiary/aromatic N) is 6. The van der Waals surface area contributed by atoms with Gasteiger partial charge in [0.25, 0.3) is 5.91 Å². The number of hydrogen-bond donors (Lipinski definition) is 2. The second-order valence-electron chi connectivity index (χ2n) is 9.77. The topological polar surface area (TPSA) is 166 Å². The van der Waals surface area contributed by atoms with Crippen LogP contribution in [0.3, 0.4) is 0 Å². The first-order valence-corrected chi connectivity index (χ1v) is 13.2. The molecule has 0 atom stereocenters. The number of likely N-dealkylation sites (N-methyl/N-ethyl adjacent to an activating group) is 1. The van der Waals surface area contributed by atoms with Gasteiger partial charge in [-0.3, -0.25) is 14.6 Å². The molecule has 4 rings (SSSR count). The highest BCUT2D eigenvalue weighted by molar-refractivity contribution is 9.10. The Morgan fingerprint density at radius 2 is 2.02 bits per heavy atom. The summed E-state index contributed by atoms with van der Waals surface area (Å²) in [5, 5.41) is 15.8. The van der Waals surface area contributed by atoms with Crippen molar-refractivity contribution in [2.24, 2.45) is 10.7 Å². The van der Waals surface area contributed by atoms with Gasteiger partial charge in [0.1, 0.15) is 18.7 Å². The summed E-state index contributed by atoms with van der Waals surface area (Å²) in [5.74, 6) is -0.737. The molecule has 0 aliphatic carbocycles. The fourth-order valence-corrected chi connectivity index (χ4v) is 4.59. The number of anilines is 2. The van der Waals surface area contributed by atoms with Crippen LogP contribution in [0.5, 0.6) is 0 Å². The van der Waals surface area contributed by atoms with Crippen molar-refractivity contribution in [3.63, 3.8) is 0 Å². The minimum absolute atomic E-state index is 0.0281. The van der Waals surface area contributed by atoms with Gasteiger partial charge in [0.15, 0.2) is 5.78 Å². The van der Waals surface area contributed by atoms with E-state index in [1.165, 1.54) is 12.4 Å². The molecule has 2 aromatic heterocycles. The number of halogens is 2. The molecule has 3 aromatic rings. The first kappa shape index (κ1) is 28.9. The van der Waals surface area contributed by atoms with Crippen LogP contribution >= 0.6 is 27.5 Å². The molecule has 3 heterocycles. The highest BCUT2D eigenvalue weighted by Gasteiger charge is 2.35. The summed E-state index contributed by atoms with van der Waals surface area (Å²) in [6, 6.07) is 7.21. The van der Waals surface area contributed by atoms with Gasteiger partial charge in [0.05, 0.1) is 55.8 Å². The van der Waals surface area contributed by atoms with Crippen LogP contribution < -0.4 is 11.1 Å². The number of nitrogens with two attached hydrogens (primary N) is 1. The summed E-state index contributed by atoms with van der Waals surface area (Å²) in [6.45, 7) is 0.676. The largest absolute Gasteiger partial charge is 0.369 e. The van der Waals surface area contributed by atoms with Crippen LogP contribution in [-0.2, 0) is 16.0 Å². The zero-order valence-corrected chi connectivity index (χ0v) is 23.9. The lowest BCUT2D eigenvalue weighted by Crippen LogP contribution is -2.41. The van der Waals surface area contributed by atoms with Gasteiger partial charge in [-0.25, -0.2) is 9.97 Å². The summed E-state index contributed by atoms with van der Waals surface area (Å²) in [4.78, 5) is 51.6. The summed E-state index contributed by atoms with van der Waals surface area (Å²) in [6.07, 6.45) is 6.31. The number of hydrogen-bond acceptors (Lipinski definition) is 9. The summed E-state index contributed by atoms with van der Waals surface area (Å²) < 4.78 is 1.08. The van der Waals surface area contributed by atoms with Gasteiger partial charge in [-0.1, -0.05) is 11.6 Å². The molecule has 0 fully saturated rings. The minimum Gasteiger partial charge on any atom is -0.363 e. The molecule has 1 aliphatic heterocycles. The molecule has 0 saturated heterocycles. The summed E-state index contributed by atoms with van der Waals surface area (Å²) in [7, 11) is 3.72. The second-order valence-corrected chi connectivity index (χ2v) is 11.0. The zero-order chi connectivity index (χ0) is 29.0. The fourth-order valence-electron chi connectivity index (χ4n) is 4.16. The average Bonchev–Trinajstić information content (AvgIpc) is 3.30. The highest BCUT2D eigenvalue weighted by atomic mass is 79.9. The maximum absolute atomic E-state index is 12.7. The molecule has 40 heavy (non-hydrogen) atoms. The number of amides is 1. The third-order valence-corrected chi connectivity index (χ3v) is 7.27. The van der Waals surface area contributed by atoms with E-state index >= 15 is 0 Å². The van der Waals surface area contributed by atoms with Crippen molar-refractivity contribution in [1.82, 2.24) is 15.0 Å². The lowest BCUT2D eigenvalue weighted by molar-refractivity contribution is -0.880. The Labute approximate surface area is 242 Å². The van der Waals surface area contributed by atoms with E-state index in [4.69, 9.17) is 17.3 Å². The number of carbonyl (C=O) groups is 2. The van der Waals surface area contributed by atoms with Crippen LogP contribution in [0.4, 0.5) is 11.5 Å². The Hall–Kier alpha value is -4.07. The van der Waals surface area contributed by atoms with E-state index in [2.05, 4.69) is 41.2 Å². The van der Waals surface area contributed by atoms with Crippen molar-refractivity contribution in [3.05, 3.63) is 85.6 Å². The molecule has 0 radical (unpaired) electrons. The lowest BCUT2D eigenvalue weighted by Gasteiger charge is -2.28. The molecule has 0 unspecified atom stereocenters. The Morgan fingerprint density at radius 3 is 2.73 bits per heavy atom. The number of quaternary nitrogens is 1. The number of primary amides is 1. The van der Waals surface area contributed by atoms with Crippen LogP contribution in [0.1, 0.15) is 12.1 Å². The quantitative estimate of drug-likeness (QED) is 0.140.